The Morgan fingerprint density at radius 2 is 1.81 bits per heavy atom. The van der Waals surface area contributed by atoms with Crippen LogP contribution in [0.15, 0.2) is 24.3 Å². The summed E-state index contributed by atoms with van der Waals surface area (Å²) < 4.78 is 10.6. The lowest BCUT2D eigenvalue weighted by Crippen LogP contribution is -2.27. The van der Waals surface area contributed by atoms with Gasteiger partial charge in [0.25, 0.3) is 0 Å². The maximum Gasteiger partial charge on any atom is 0.219 e. The molecule has 1 saturated carbocycles. The lowest BCUT2D eigenvalue weighted by atomic mass is 9.84. The Morgan fingerprint density at radius 3 is 2.52 bits per heavy atom. The van der Waals surface area contributed by atoms with Crippen molar-refractivity contribution in [2.24, 2.45) is 11.8 Å². The maximum atomic E-state index is 10.9. The number of nitrogens with one attached hydrogen (secondary N) is 1. The number of rotatable bonds is 8. The summed E-state index contributed by atoms with van der Waals surface area (Å²) in [5, 5.41) is 2.94. The lowest BCUT2D eigenvalue weighted by Gasteiger charge is -2.24. The van der Waals surface area contributed by atoms with Gasteiger partial charge in [0.05, 0.1) is 13.2 Å². The molecule has 1 unspecified atom stereocenters. The van der Waals surface area contributed by atoms with Gasteiger partial charge in [-0.2, -0.15) is 0 Å². The minimum Gasteiger partial charge on any atom is -0.382 e. The van der Waals surface area contributed by atoms with Crippen LogP contribution in [0.4, 0.5) is 0 Å². The summed E-state index contributed by atoms with van der Waals surface area (Å²) in [5.41, 5.74) is 3.03. The van der Waals surface area contributed by atoms with Crippen LogP contribution < -0.4 is 5.32 Å². The van der Waals surface area contributed by atoms with Crippen LogP contribution >= 0.6 is 0 Å². The van der Waals surface area contributed by atoms with Gasteiger partial charge >= 0.3 is 0 Å². The molecule has 0 aromatic heterocycles. The van der Waals surface area contributed by atoms with Crippen LogP contribution in [0.25, 0.3) is 0 Å². The second kappa shape index (κ2) is 12.9. The minimum atomic E-state index is 0.192. The van der Waals surface area contributed by atoms with E-state index in [0.29, 0.717) is 25.6 Å². The van der Waals surface area contributed by atoms with E-state index in [2.05, 4.69) is 29.6 Å². The van der Waals surface area contributed by atoms with Crippen LogP contribution in [0.2, 0.25) is 0 Å². The van der Waals surface area contributed by atoms with E-state index in [0.717, 1.165) is 19.1 Å². The zero-order valence-corrected chi connectivity index (χ0v) is 17.2. The van der Waals surface area contributed by atoms with Gasteiger partial charge in [-0.25, -0.2) is 0 Å². The molecule has 1 atom stereocenters. The molecule has 0 heterocycles. The molecule has 4 nitrogen and oxygen atoms in total. The number of methoxy groups -OCH3 is 1. The number of fused-ring (bicyclic) bond motifs is 1. The third kappa shape index (κ3) is 8.44. The third-order valence-electron chi connectivity index (χ3n) is 5.62. The summed E-state index contributed by atoms with van der Waals surface area (Å²) >= 11 is 0. The molecule has 1 N–H and O–H groups in total. The van der Waals surface area contributed by atoms with E-state index in [1.54, 1.807) is 7.11 Å². The number of hydrogen-bond donors (Lipinski definition) is 1. The topological polar surface area (TPSA) is 47.6 Å². The molecule has 1 amide bonds. The number of carbonyl (C=O) groups excluding carboxylic acids is 1. The van der Waals surface area contributed by atoms with Gasteiger partial charge in [-0.3, -0.25) is 4.79 Å². The van der Waals surface area contributed by atoms with Gasteiger partial charge in [0, 0.05) is 26.7 Å². The van der Waals surface area contributed by atoms with Crippen molar-refractivity contribution in [3.63, 3.8) is 0 Å². The fourth-order valence-electron chi connectivity index (χ4n) is 3.91. The predicted molar refractivity (Wildman–Crippen MR) is 110 cm³/mol. The summed E-state index contributed by atoms with van der Waals surface area (Å²) in [5.74, 6) is 1.65. The summed E-state index contributed by atoms with van der Waals surface area (Å²) in [6, 6.07) is 8.76. The van der Waals surface area contributed by atoms with Gasteiger partial charge in [0.2, 0.25) is 5.91 Å². The molecule has 2 aliphatic rings. The quantitative estimate of drug-likeness (QED) is 0.694. The zero-order valence-electron chi connectivity index (χ0n) is 17.2. The van der Waals surface area contributed by atoms with Crippen molar-refractivity contribution in [2.45, 2.75) is 58.3 Å². The molecule has 4 heteroatoms. The first-order valence-electron chi connectivity index (χ1n) is 10.6. The average Bonchev–Trinajstić information content (AvgIpc) is 3.23. The van der Waals surface area contributed by atoms with Gasteiger partial charge < -0.3 is 14.8 Å². The van der Waals surface area contributed by atoms with Gasteiger partial charge in [0.15, 0.2) is 0 Å². The van der Waals surface area contributed by atoms with Gasteiger partial charge in [0.1, 0.15) is 0 Å². The number of ether oxygens (including phenoxy) is 2. The Bertz CT molecular complexity index is 540. The van der Waals surface area contributed by atoms with E-state index in [1.807, 2.05) is 6.92 Å². The highest BCUT2D eigenvalue weighted by atomic mass is 16.5. The molecule has 0 saturated heterocycles. The highest BCUT2D eigenvalue weighted by Crippen LogP contribution is 2.25. The van der Waals surface area contributed by atoms with E-state index in [9.17, 15) is 4.79 Å². The normalized spacial score (nSPS) is 19.1. The van der Waals surface area contributed by atoms with E-state index >= 15 is 0 Å². The number of amides is 1. The van der Waals surface area contributed by atoms with Crippen molar-refractivity contribution in [3.8, 4) is 0 Å². The average molecular weight is 376 g/mol. The number of benzene rings is 1. The Morgan fingerprint density at radius 1 is 1.07 bits per heavy atom. The second-order valence-corrected chi connectivity index (χ2v) is 7.75. The van der Waals surface area contributed by atoms with Gasteiger partial charge in [-0.05, 0) is 55.1 Å². The van der Waals surface area contributed by atoms with E-state index < -0.39 is 0 Å². The largest absolute Gasteiger partial charge is 0.382 e. The Hall–Kier alpha value is -1.39. The summed E-state index contributed by atoms with van der Waals surface area (Å²) in [4.78, 5) is 10.9. The SMILES string of the molecule is CCC(=O)NCC1CCCC1.COCCOCC1CCc2ccccc2C1. The molecule has 0 spiro atoms. The third-order valence-corrected chi connectivity index (χ3v) is 5.62. The molecule has 152 valence electrons. The van der Waals surface area contributed by atoms with Crippen LogP contribution in [-0.4, -0.2) is 39.4 Å². The predicted octanol–water partition coefficient (Wildman–Crippen LogP) is 4.16. The second-order valence-electron chi connectivity index (χ2n) is 7.75. The fourth-order valence-corrected chi connectivity index (χ4v) is 3.91. The Labute approximate surface area is 165 Å². The van der Waals surface area contributed by atoms with Crippen molar-refractivity contribution in [3.05, 3.63) is 35.4 Å². The minimum absolute atomic E-state index is 0.192. The van der Waals surface area contributed by atoms with Crippen molar-refractivity contribution < 1.29 is 14.3 Å². The van der Waals surface area contributed by atoms with Crippen LogP contribution in [0.1, 0.15) is 56.6 Å². The van der Waals surface area contributed by atoms with Crippen LogP contribution in [-0.2, 0) is 27.1 Å². The standard InChI is InChI=1S/C14H20O2.C9H17NO/c1-15-8-9-16-11-12-6-7-13-4-2-3-5-14(13)10-12;1-2-9(11)10-7-8-5-3-4-6-8/h2-5,12H,6-11H2,1H3;8H,2-7H2,1H3,(H,10,11). The van der Waals surface area contributed by atoms with Crippen LogP contribution in [0, 0.1) is 11.8 Å². The van der Waals surface area contributed by atoms with Crippen LogP contribution in [0.5, 0.6) is 0 Å². The molecule has 1 fully saturated rings. The highest BCUT2D eigenvalue weighted by molar-refractivity contribution is 5.75. The van der Waals surface area contributed by atoms with Crippen molar-refractivity contribution in [2.75, 3.05) is 33.5 Å². The molecule has 27 heavy (non-hydrogen) atoms. The smallest absolute Gasteiger partial charge is 0.219 e. The van der Waals surface area contributed by atoms with E-state index in [-0.39, 0.29) is 5.91 Å². The molecule has 0 radical (unpaired) electrons. The van der Waals surface area contributed by atoms with E-state index in [4.69, 9.17) is 9.47 Å². The molecule has 3 rings (SSSR count). The molecule has 2 aliphatic carbocycles. The van der Waals surface area contributed by atoms with Crippen molar-refractivity contribution >= 4 is 5.91 Å². The van der Waals surface area contributed by atoms with Gasteiger partial charge in [-0.1, -0.05) is 44.0 Å². The van der Waals surface area contributed by atoms with Gasteiger partial charge in [-0.15, -0.1) is 0 Å². The van der Waals surface area contributed by atoms with Crippen molar-refractivity contribution in [1.82, 2.24) is 5.32 Å². The van der Waals surface area contributed by atoms with Crippen LogP contribution in [0.3, 0.4) is 0 Å². The fraction of sp³-hybridized carbons (Fsp3) is 0.696. The molecule has 0 aliphatic heterocycles. The number of aryl methyl sites for hydroxylation is 1. The first-order valence-corrected chi connectivity index (χ1v) is 10.6. The summed E-state index contributed by atoms with van der Waals surface area (Å²) in [6.07, 6.45) is 9.57. The Kier molecular flexibility index (Phi) is 10.5. The maximum absolute atomic E-state index is 10.9. The highest BCUT2D eigenvalue weighted by Gasteiger charge is 2.18. The number of carbonyl (C=O) groups is 1. The molecule has 0 bridgehead atoms. The molecular weight excluding hydrogens is 338 g/mol. The summed E-state index contributed by atoms with van der Waals surface area (Å²) in [6.45, 7) is 5.09. The first kappa shape index (κ1) is 21.9. The monoisotopic (exact) mass is 375 g/mol. The first-order chi connectivity index (χ1) is 13.2. The Balaban J connectivity index is 0.000000208. The van der Waals surface area contributed by atoms with Crippen molar-refractivity contribution in [1.29, 1.82) is 0 Å². The lowest BCUT2D eigenvalue weighted by molar-refractivity contribution is -0.120. The molecule has 1 aromatic carbocycles. The zero-order chi connectivity index (χ0) is 19.3. The molecule has 1 aromatic rings. The van der Waals surface area contributed by atoms with E-state index in [1.165, 1.54) is 56.1 Å². The summed E-state index contributed by atoms with van der Waals surface area (Å²) in [7, 11) is 1.71. The molecular formula is C23H37NO3. The number of hydrogen-bond acceptors (Lipinski definition) is 3.